The standard InChI is InChI=1S/C9H10N4S/c1-6-5-8(13-10)12-9(11-6)7-3-2-4-14-7/h2-5H,10H2,1H3,(H,11,12,13). The molecule has 4 nitrogen and oxygen atoms in total. The van der Waals surface area contributed by atoms with E-state index in [1.807, 2.05) is 24.4 Å². The predicted octanol–water partition coefficient (Wildman–Crippen LogP) is 1.80. The van der Waals surface area contributed by atoms with Gasteiger partial charge in [0.2, 0.25) is 0 Å². The van der Waals surface area contributed by atoms with Gasteiger partial charge in [0, 0.05) is 11.8 Å². The fraction of sp³-hybridized carbons (Fsp3) is 0.111. The van der Waals surface area contributed by atoms with E-state index in [0.29, 0.717) is 11.6 Å². The third-order valence-electron chi connectivity index (χ3n) is 1.74. The summed E-state index contributed by atoms with van der Waals surface area (Å²) in [4.78, 5) is 9.63. The first kappa shape index (κ1) is 9.11. The summed E-state index contributed by atoms with van der Waals surface area (Å²) in [5, 5.41) is 2.00. The van der Waals surface area contributed by atoms with Crippen LogP contribution in [0.2, 0.25) is 0 Å². The van der Waals surface area contributed by atoms with Crippen molar-refractivity contribution in [1.82, 2.24) is 9.97 Å². The molecule has 72 valence electrons. The number of hydrogen-bond donors (Lipinski definition) is 2. The topological polar surface area (TPSA) is 63.8 Å². The lowest BCUT2D eigenvalue weighted by molar-refractivity contribution is 1.10. The summed E-state index contributed by atoms with van der Waals surface area (Å²) in [6, 6.07) is 5.76. The highest BCUT2D eigenvalue weighted by atomic mass is 32.1. The quantitative estimate of drug-likeness (QED) is 0.581. The third kappa shape index (κ3) is 1.73. The van der Waals surface area contributed by atoms with Crippen LogP contribution in [-0.2, 0) is 0 Å². The van der Waals surface area contributed by atoms with E-state index in [-0.39, 0.29) is 0 Å². The number of thiophene rings is 1. The van der Waals surface area contributed by atoms with E-state index >= 15 is 0 Å². The Morgan fingerprint density at radius 2 is 2.29 bits per heavy atom. The minimum absolute atomic E-state index is 0.640. The first-order valence-electron chi connectivity index (χ1n) is 4.16. The fourth-order valence-corrected chi connectivity index (χ4v) is 1.82. The number of nitrogens with zero attached hydrogens (tertiary/aromatic N) is 2. The molecule has 2 aromatic heterocycles. The first-order valence-corrected chi connectivity index (χ1v) is 5.04. The highest BCUT2D eigenvalue weighted by molar-refractivity contribution is 7.13. The lowest BCUT2D eigenvalue weighted by Gasteiger charge is -2.02. The van der Waals surface area contributed by atoms with Crippen molar-refractivity contribution in [1.29, 1.82) is 0 Å². The van der Waals surface area contributed by atoms with Gasteiger partial charge in [0.15, 0.2) is 5.82 Å². The number of anilines is 1. The van der Waals surface area contributed by atoms with Gasteiger partial charge in [-0.2, -0.15) is 0 Å². The molecule has 0 aliphatic carbocycles. The molecule has 0 aromatic carbocycles. The largest absolute Gasteiger partial charge is 0.308 e. The molecule has 0 spiro atoms. The Bertz CT molecular complexity index is 424. The molecule has 3 N–H and O–H groups in total. The first-order chi connectivity index (χ1) is 6.79. The molecule has 2 aromatic rings. The van der Waals surface area contributed by atoms with Gasteiger partial charge in [-0.15, -0.1) is 11.3 Å². The van der Waals surface area contributed by atoms with Crippen LogP contribution in [0.1, 0.15) is 5.69 Å². The summed E-state index contributed by atoms with van der Waals surface area (Å²) in [6.07, 6.45) is 0. The molecule has 0 atom stereocenters. The van der Waals surface area contributed by atoms with E-state index in [4.69, 9.17) is 5.84 Å². The van der Waals surface area contributed by atoms with Crippen LogP contribution in [0.5, 0.6) is 0 Å². The normalized spacial score (nSPS) is 10.1. The van der Waals surface area contributed by atoms with Crippen molar-refractivity contribution < 1.29 is 0 Å². The number of rotatable bonds is 2. The Hall–Kier alpha value is -1.46. The molecule has 0 saturated carbocycles. The smallest absolute Gasteiger partial charge is 0.171 e. The SMILES string of the molecule is Cc1cc(NN)nc(-c2cccs2)n1. The highest BCUT2D eigenvalue weighted by Gasteiger charge is 2.04. The number of aromatic nitrogens is 2. The van der Waals surface area contributed by atoms with Gasteiger partial charge in [0.05, 0.1) is 4.88 Å². The minimum atomic E-state index is 0.640. The van der Waals surface area contributed by atoms with Gasteiger partial charge in [-0.05, 0) is 18.4 Å². The van der Waals surface area contributed by atoms with Gasteiger partial charge in [0.1, 0.15) is 5.82 Å². The van der Waals surface area contributed by atoms with E-state index in [0.717, 1.165) is 10.6 Å². The molecule has 2 rings (SSSR count). The second kappa shape index (κ2) is 3.73. The number of nitrogen functional groups attached to an aromatic ring is 1. The van der Waals surface area contributed by atoms with Crippen LogP contribution in [0.25, 0.3) is 10.7 Å². The molecule has 0 aliphatic rings. The average Bonchev–Trinajstić information content (AvgIpc) is 2.69. The van der Waals surface area contributed by atoms with Gasteiger partial charge < -0.3 is 5.43 Å². The molecule has 0 fully saturated rings. The van der Waals surface area contributed by atoms with Crippen molar-refractivity contribution in [3.63, 3.8) is 0 Å². The second-order valence-electron chi connectivity index (χ2n) is 2.84. The number of nitrogens with two attached hydrogens (primary N) is 1. The molecule has 0 bridgehead atoms. The van der Waals surface area contributed by atoms with Gasteiger partial charge in [-0.3, -0.25) is 0 Å². The highest BCUT2D eigenvalue weighted by Crippen LogP contribution is 2.22. The Labute approximate surface area is 85.8 Å². The summed E-state index contributed by atoms with van der Waals surface area (Å²) >= 11 is 1.61. The number of hydrazine groups is 1. The van der Waals surface area contributed by atoms with Crippen LogP contribution in [0, 0.1) is 6.92 Å². The Morgan fingerprint density at radius 3 is 2.93 bits per heavy atom. The van der Waals surface area contributed by atoms with Crippen LogP contribution in [-0.4, -0.2) is 9.97 Å². The molecule has 5 heteroatoms. The number of hydrogen-bond acceptors (Lipinski definition) is 5. The Kier molecular flexibility index (Phi) is 2.43. The molecule has 0 saturated heterocycles. The monoisotopic (exact) mass is 206 g/mol. The van der Waals surface area contributed by atoms with E-state index in [2.05, 4.69) is 15.4 Å². The van der Waals surface area contributed by atoms with Crippen molar-refractivity contribution in [3.05, 3.63) is 29.3 Å². The van der Waals surface area contributed by atoms with Crippen molar-refractivity contribution in [2.45, 2.75) is 6.92 Å². The lowest BCUT2D eigenvalue weighted by Crippen LogP contribution is -2.09. The zero-order valence-corrected chi connectivity index (χ0v) is 8.51. The lowest BCUT2D eigenvalue weighted by atomic mass is 10.4. The predicted molar refractivity (Wildman–Crippen MR) is 57.9 cm³/mol. The van der Waals surface area contributed by atoms with E-state index < -0.39 is 0 Å². The fourth-order valence-electron chi connectivity index (χ4n) is 1.16. The average molecular weight is 206 g/mol. The van der Waals surface area contributed by atoms with Gasteiger partial charge >= 0.3 is 0 Å². The zero-order valence-electron chi connectivity index (χ0n) is 7.69. The van der Waals surface area contributed by atoms with Crippen molar-refractivity contribution in [2.75, 3.05) is 5.43 Å². The van der Waals surface area contributed by atoms with Crippen LogP contribution in [0.4, 0.5) is 5.82 Å². The summed E-state index contributed by atoms with van der Waals surface area (Å²) in [5.74, 6) is 6.66. The maximum atomic E-state index is 5.30. The van der Waals surface area contributed by atoms with Crippen LogP contribution < -0.4 is 11.3 Å². The number of nitrogens with one attached hydrogen (secondary N) is 1. The molecule has 0 aliphatic heterocycles. The van der Waals surface area contributed by atoms with E-state index in [9.17, 15) is 0 Å². The van der Waals surface area contributed by atoms with Gasteiger partial charge in [-0.25, -0.2) is 15.8 Å². The van der Waals surface area contributed by atoms with Crippen LogP contribution in [0.3, 0.4) is 0 Å². The molecule has 14 heavy (non-hydrogen) atoms. The van der Waals surface area contributed by atoms with E-state index in [1.54, 1.807) is 17.4 Å². The molecule has 0 amide bonds. The molecular weight excluding hydrogens is 196 g/mol. The summed E-state index contributed by atoms with van der Waals surface area (Å²) in [5.41, 5.74) is 3.42. The van der Waals surface area contributed by atoms with E-state index in [1.165, 1.54) is 0 Å². The summed E-state index contributed by atoms with van der Waals surface area (Å²) < 4.78 is 0. The Morgan fingerprint density at radius 1 is 1.43 bits per heavy atom. The minimum Gasteiger partial charge on any atom is -0.308 e. The maximum Gasteiger partial charge on any atom is 0.171 e. The van der Waals surface area contributed by atoms with Crippen molar-refractivity contribution in [3.8, 4) is 10.7 Å². The molecule has 0 unspecified atom stereocenters. The van der Waals surface area contributed by atoms with Crippen molar-refractivity contribution >= 4 is 17.2 Å². The van der Waals surface area contributed by atoms with Gasteiger partial charge in [0.25, 0.3) is 0 Å². The Balaban J connectivity index is 2.48. The summed E-state index contributed by atoms with van der Waals surface area (Å²) in [7, 11) is 0. The van der Waals surface area contributed by atoms with Crippen LogP contribution in [0.15, 0.2) is 23.6 Å². The van der Waals surface area contributed by atoms with Crippen LogP contribution >= 0.6 is 11.3 Å². The number of aryl methyl sites for hydroxylation is 1. The molecular formula is C9H10N4S. The molecule has 0 radical (unpaired) electrons. The molecule has 2 heterocycles. The third-order valence-corrected chi connectivity index (χ3v) is 2.61. The maximum absolute atomic E-state index is 5.30. The zero-order chi connectivity index (χ0) is 9.97. The second-order valence-corrected chi connectivity index (χ2v) is 3.79. The van der Waals surface area contributed by atoms with Gasteiger partial charge in [-0.1, -0.05) is 6.07 Å². The summed E-state index contributed by atoms with van der Waals surface area (Å²) in [6.45, 7) is 1.92. The van der Waals surface area contributed by atoms with Crippen molar-refractivity contribution in [2.24, 2.45) is 5.84 Å².